The van der Waals surface area contributed by atoms with Gasteiger partial charge in [0.1, 0.15) is 5.82 Å². The van der Waals surface area contributed by atoms with E-state index in [-0.39, 0.29) is 11.4 Å². The lowest BCUT2D eigenvalue weighted by atomic mass is 10.1. The monoisotopic (exact) mass is 234 g/mol. The lowest BCUT2D eigenvalue weighted by Gasteiger charge is -2.20. The van der Waals surface area contributed by atoms with E-state index in [1.54, 1.807) is 6.07 Å². The van der Waals surface area contributed by atoms with Crippen molar-refractivity contribution in [3.8, 4) is 0 Å². The lowest BCUT2D eigenvalue weighted by molar-refractivity contribution is 0.414. The van der Waals surface area contributed by atoms with Gasteiger partial charge in [0.15, 0.2) is 0 Å². The minimum absolute atomic E-state index is 0.134. The molecule has 0 amide bonds. The predicted molar refractivity (Wildman–Crippen MR) is 69.7 cm³/mol. The van der Waals surface area contributed by atoms with Gasteiger partial charge < -0.3 is 9.88 Å². The van der Waals surface area contributed by atoms with Crippen molar-refractivity contribution in [1.82, 2.24) is 9.88 Å². The Bertz CT molecular complexity index is 508. The molecule has 1 heterocycles. The zero-order chi connectivity index (χ0) is 12.5. The van der Waals surface area contributed by atoms with Crippen LogP contribution in [0.15, 0.2) is 30.5 Å². The molecule has 1 N–H and O–H groups in total. The number of aromatic nitrogens is 1. The number of nitrogens with one attached hydrogen (secondary N) is 1. The summed E-state index contributed by atoms with van der Waals surface area (Å²) in [7, 11) is 0. The van der Waals surface area contributed by atoms with Gasteiger partial charge in [0.2, 0.25) is 0 Å². The van der Waals surface area contributed by atoms with Crippen molar-refractivity contribution >= 4 is 10.9 Å². The average Bonchev–Trinajstić information content (AvgIpc) is 2.59. The van der Waals surface area contributed by atoms with Gasteiger partial charge in [0.25, 0.3) is 0 Å². The predicted octanol–water partition coefficient (Wildman–Crippen LogP) is 3.17. The lowest BCUT2D eigenvalue weighted by Crippen LogP contribution is -2.37. The standard InChI is InChI=1S/C14H19FN2/c1-14(2,3)16-7-9-17-8-6-11-10-12(15)4-5-13(11)17/h4-6,8,10,16H,7,9H2,1-3H3. The summed E-state index contributed by atoms with van der Waals surface area (Å²) in [5.41, 5.74) is 1.22. The molecule has 3 heteroatoms. The third-order valence-corrected chi connectivity index (χ3v) is 2.74. The zero-order valence-corrected chi connectivity index (χ0v) is 10.6. The molecule has 2 nitrogen and oxygen atoms in total. The van der Waals surface area contributed by atoms with Gasteiger partial charge in [-0.25, -0.2) is 4.39 Å². The number of hydrogen-bond acceptors (Lipinski definition) is 1. The van der Waals surface area contributed by atoms with E-state index >= 15 is 0 Å². The highest BCUT2D eigenvalue weighted by Crippen LogP contribution is 2.16. The number of rotatable bonds is 3. The maximum absolute atomic E-state index is 13.0. The molecule has 92 valence electrons. The summed E-state index contributed by atoms with van der Waals surface area (Å²) in [5, 5.41) is 4.40. The Morgan fingerprint density at radius 3 is 2.71 bits per heavy atom. The maximum atomic E-state index is 13.0. The van der Waals surface area contributed by atoms with Crippen molar-refractivity contribution in [3.05, 3.63) is 36.3 Å². The molecular formula is C14H19FN2. The summed E-state index contributed by atoms with van der Waals surface area (Å²) >= 11 is 0. The van der Waals surface area contributed by atoms with Gasteiger partial charge in [-0.05, 0) is 45.0 Å². The summed E-state index contributed by atoms with van der Waals surface area (Å²) in [6, 6.07) is 6.87. The summed E-state index contributed by atoms with van der Waals surface area (Å²) in [6.45, 7) is 8.25. The van der Waals surface area contributed by atoms with Crippen molar-refractivity contribution in [2.45, 2.75) is 32.9 Å². The first-order valence-electron chi connectivity index (χ1n) is 5.95. The van der Waals surface area contributed by atoms with Crippen molar-refractivity contribution < 1.29 is 4.39 Å². The minimum Gasteiger partial charge on any atom is -0.346 e. The normalized spacial score (nSPS) is 12.2. The van der Waals surface area contributed by atoms with E-state index in [1.165, 1.54) is 6.07 Å². The first kappa shape index (κ1) is 12.1. The SMILES string of the molecule is CC(C)(C)NCCn1ccc2cc(F)ccc21. The van der Waals surface area contributed by atoms with Crippen molar-refractivity contribution in [2.24, 2.45) is 0 Å². The molecule has 2 rings (SSSR count). The quantitative estimate of drug-likeness (QED) is 0.863. The maximum Gasteiger partial charge on any atom is 0.123 e. The Balaban J connectivity index is 2.09. The minimum atomic E-state index is -0.178. The van der Waals surface area contributed by atoms with E-state index in [9.17, 15) is 4.39 Å². The number of hydrogen-bond donors (Lipinski definition) is 1. The molecule has 0 saturated heterocycles. The molecule has 0 aliphatic carbocycles. The van der Waals surface area contributed by atoms with Crippen LogP contribution >= 0.6 is 0 Å². The molecule has 0 saturated carbocycles. The van der Waals surface area contributed by atoms with Crippen molar-refractivity contribution in [3.63, 3.8) is 0 Å². The third-order valence-electron chi connectivity index (χ3n) is 2.74. The van der Waals surface area contributed by atoms with Gasteiger partial charge >= 0.3 is 0 Å². The van der Waals surface area contributed by atoms with Gasteiger partial charge in [-0.2, -0.15) is 0 Å². The van der Waals surface area contributed by atoms with E-state index in [0.717, 1.165) is 24.0 Å². The Kier molecular flexibility index (Phi) is 3.20. The van der Waals surface area contributed by atoms with E-state index in [1.807, 2.05) is 18.3 Å². The van der Waals surface area contributed by atoms with Crippen LogP contribution in [0.25, 0.3) is 10.9 Å². The highest BCUT2D eigenvalue weighted by atomic mass is 19.1. The van der Waals surface area contributed by atoms with Gasteiger partial charge in [-0.15, -0.1) is 0 Å². The Labute approximate surface area is 101 Å². The second kappa shape index (κ2) is 4.49. The fraction of sp³-hybridized carbons (Fsp3) is 0.429. The van der Waals surface area contributed by atoms with Gasteiger partial charge in [0.05, 0.1) is 0 Å². The first-order valence-corrected chi connectivity index (χ1v) is 5.95. The molecule has 2 aromatic rings. The molecule has 0 aliphatic heterocycles. The summed E-state index contributed by atoms with van der Waals surface area (Å²) in [5.74, 6) is -0.178. The fourth-order valence-corrected chi connectivity index (χ4v) is 1.92. The van der Waals surface area contributed by atoms with Crippen LogP contribution < -0.4 is 5.32 Å². The fourth-order valence-electron chi connectivity index (χ4n) is 1.92. The molecule has 0 radical (unpaired) electrons. The first-order chi connectivity index (χ1) is 7.96. The number of benzene rings is 1. The van der Waals surface area contributed by atoms with Crippen LogP contribution in [0.1, 0.15) is 20.8 Å². The summed E-state index contributed by atoms with van der Waals surface area (Å²) in [4.78, 5) is 0. The molecule has 0 spiro atoms. The molecule has 0 fully saturated rings. The van der Waals surface area contributed by atoms with Gasteiger partial charge in [0, 0.05) is 35.7 Å². The van der Waals surface area contributed by atoms with E-state index in [2.05, 4.69) is 30.7 Å². The summed E-state index contributed by atoms with van der Waals surface area (Å²) in [6.07, 6.45) is 2.01. The highest BCUT2D eigenvalue weighted by molar-refractivity contribution is 5.80. The number of halogens is 1. The van der Waals surface area contributed by atoms with Crippen LogP contribution in [0.5, 0.6) is 0 Å². The van der Waals surface area contributed by atoms with Crippen LogP contribution in [0.4, 0.5) is 4.39 Å². The molecule has 0 aliphatic rings. The van der Waals surface area contributed by atoms with Gasteiger partial charge in [-0.1, -0.05) is 0 Å². The number of nitrogens with zero attached hydrogens (tertiary/aromatic N) is 1. The average molecular weight is 234 g/mol. The Hall–Kier alpha value is -1.35. The van der Waals surface area contributed by atoms with Crippen LogP contribution in [0, 0.1) is 5.82 Å². The molecule has 0 unspecified atom stereocenters. The van der Waals surface area contributed by atoms with Crippen molar-refractivity contribution in [2.75, 3.05) is 6.54 Å². The highest BCUT2D eigenvalue weighted by Gasteiger charge is 2.08. The second-order valence-electron chi connectivity index (χ2n) is 5.39. The third kappa shape index (κ3) is 3.07. The Morgan fingerprint density at radius 2 is 2.00 bits per heavy atom. The smallest absolute Gasteiger partial charge is 0.123 e. The molecular weight excluding hydrogens is 215 g/mol. The Morgan fingerprint density at radius 1 is 1.24 bits per heavy atom. The van der Waals surface area contributed by atoms with E-state index in [0.29, 0.717) is 0 Å². The summed E-state index contributed by atoms with van der Waals surface area (Å²) < 4.78 is 15.2. The molecule has 1 aromatic carbocycles. The van der Waals surface area contributed by atoms with E-state index < -0.39 is 0 Å². The van der Waals surface area contributed by atoms with Crippen LogP contribution in [-0.2, 0) is 6.54 Å². The molecule has 1 aromatic heterocycles. The molecule has 17 heavy (non-hydrogen) atoms. The van der Waals surface area contributed by atoms with Crippen LogP contribution in [0.2, 0.25) is 0 Å². The van der Waals surface area contributed by atoms with E-state index in [4.69, 9.17) is 0 Å². The van der Waals surface area contributed by atoms with Crippen LogP contribution in [-0.4, -0.2) is 16.7 Å². The largest absolute Gasteiger partial charge is 0.346 e. The molecule has 0 bridgehead atoms. The zero-order valence-electron chi connectivity index (χ0n) is 10.6. The van der Waals surface area contributed by atoms with Crippen molar-refractivity contribution in [1.29, 1.82) is 0 Å². The topological polar surface area (TPSA) is 17.0 Å². The second-order valence-corrected chi connectivity index (χ2v) is 5.39. The number of fused-ring (bicyclic) bond motifs is 1. The van der Waals surface area contributed by atoms with Gasteiger partial charge in [-0.3, -0.25) is 0 Å². The molecule has 0 atom stereocenters. The van der Waals surface area contributed by atoms with Crippen LogP contribution in [0.3, 0.4) is 0 Å².